The summed E-state index contributed by atoms with van der Waals surface area (Å²) in [7, 11) is 0. The van der Waals surface area contributed by atoms with Crippen molar-refractivity contribution in [2.75, 3.05) is 0 Å². The lowest BCUT2D eigenvalue weighted by molar-refractivity contribution is -0.384. The number of fused-ring (bicyclic) bond motifs is 1. The van der Waals surface area contributed by atoms with E-state index >= 15 is 0 Å². The van der Waals surface area contributed by atoms with Crippen molar-refractivity contribution in [2.45, 2.75) is 32.7 Å². The van der Waals surface area contributed by atoms with Crippen LogP contribution >= 0.6 is 23.2 Å². The molecular weight excluding hydrogens is 495 g/mol. The highest BCUT2D eigenvalue weighted by Crippen LogP contribution is 2.30. The van der Waals surface area contributed by atoms with E-state index in [0.29, 0.717) is 40.5 Å². The summed E-state index contributed by atoms with van der Waals surface area (Å²) < 4.78 is 5.87. The number of carbonyl (C=O) groups excluding carboxylic acids is 2. The molecule has 2 aromatic carbocycles. The summed E-state index contributed by atoms with van der Waals surface area (Å²) in [6, 6.07) is 11.0. The van der Waals surface area contributed by atoms with Gasteiger partial charge in [-0.25, -0.2) is 5.43 Å². The number of aryl methyl sites for hydroxylation is 1. The lowest BCUT2D eigenvalue weighted by Gasteiger charge is -2.13. The van der Waals surface area contributed by atoms with E-state index < -0.39 is 10.8 Å². The SMILES string of the molecule is Cc1c(C(=O)NCc2ccccc2Cl)oc2c1/C(=N/NC(=O)c1ccc(Cl)c([N+](=O)[O-])c1)CCC2. The van der Waals surface area contributed by atoms with Crippen molar-refractivity contribution in [1.82, 2.24) is 10.7 Å². The Kier molecular flexibility index (Phi) is 7.18. The van der Waals surface area contributed by atoms with Crippen molar-refractivity contribution in [1.29, 1.82) is 0 Å². The summed E-state index contributed by atoms with van der Waals surface area (Å²) in [5.74, 6) is -0.208. The molecule has 0 fully saturated rings. The Morgan fingerprint density at radius 3 is 2.63 bits per heavy atom. The zero-order chi connectivity index (χ0) is 25.1. The molecule has 0 radical (unpaired) electrons. The van der Waals surface area contributed by atoms with Gasteiger partial charge in [0.15, 0.2) is 5.76 Å². The van der Waals surface area contributed by atoms with Gasteiger partial charge in [0.05, 0.1) is 10.6 Å². The Bertz CT molecular complexity index is 1370. The van der Waals surface area contributed by atoms with E-state index in [1.54, 1.807) is 13.0 Å². The Labute approximate surface area is 210 Å². The third-order valence-corrected chi connectivity index (χ3v) is 6.31. The molecular formula is C24H20Cl2N4O5. The molecule has 0 atom stereocenters. The minimum Gasteiger partial charge on any atom is -0.455 e. The average molecular weight is 515 g/mol. The van der Waals surface area contributed by atoms with Gasteiger partial charge >= 0.3 is 0 Å². The first-order valence-electron chi connectivity index (χ1n) is 10.7. The van der Waals surface area contributed by atoms with Crippen molar-refractivity contribution in [3.05, 3.63) is 96.4 Å². The van der Waals surface area contributed by atoms with Crippen molar-refractivity contribution in [2.24, 2.45) is 5.10 Å². The predicted octanol–water partition coefficient (Wildman–Crippen LogP) is 5.20. The number of hydrogen-bond donors (Lipinski definition) is 2. The number of hydrogen-bond acceptors (Lipinski definition) is 6. The molecule has 0 spiro atoms. The standard InChI is InChI=1S/C24H20Cl2N4O5/c1-13-21-18(28-29-23(31)14-9-10-17(26)19(11-14)30(33)34)7-4-8-20(21)35-22(13)24(32)27-12-15-5-2-3-6-16(15)25/h2-3,5-6,9-11H,4,7-8,12H2,1H3,(H,27,32)(H,29,31)/b28-18+. The molecule has 2 amide bonds. The molecule has 0 unspecified atom stereocenters. The topological polar surface area (TPSA) is 127 Å². The molecule has 2 N–H and O–H groups in total. The van der Waals surface area contributed by atoms with Gasteiger partial charge in [0.2, 0.25) is 0 Å². The first-order chi connectivity index (χ1) is 16.8. The van der Waals surface area contributed by atoms with E-state index in [1.165, 1.54) is 12.1 Å². The molecule has 180 valence electrons. The smallest absolute Gasteiger partial charge is 0.288 e. The molecule has 1 aromatic heterocycles. The number of carbonyl (C=O) groups is 2. The molecule has 3 aromatic rings. The Balaban J connectivity index is 1.52. The second kappa shape index (κ2) is 10.3. The van der Waals surface area contributed by atoms with Gasteiger partial charge in [-0.05, 0) is 43.5 Å². The highest BCUT2D eigenvalue weighted by atomic mass is 35.5. The predicted molar refractivity (Wildman–Crippen MR) is 131 cm³/mol. The minimum atomic E-state index is -0.661. The van der Waals surface area contributed by atoms with Crippen LogP contribution in [0, 0.1) is 17.0 Å². The summed E-state index contributed by atoms with van der Waals surface area (Å²) >= 11 is 12.0. The van der Waals surface area contributed by atoms with Gasteiger partial charge in [0.25, 0.3) is 17.5 Å². The first kappa shape index (κ1) is 24.4. The van der Waals surface area contributed by atoms with Crippen molar-refractivity contribution in [3.63, 3.8) is 0 Å². The number of amides is 2. The fraction of sp³-hybridized carbons (Fsp3) is 0.208. The van der Waals surface area contributed by atoms with Crippen LogP contribution in [-0.4, -0.2) is 22.4 Å². The number of nitrogens with zero attached hydrogens (tertiary/aromatic N) is 2. The average Bonchev–Trinajstić information content (AvgIpc) is 3.19. The van der Waals surface area contributed by atoms with Crippen LogP contribution in [0.1, 0.15) is 56.2 Å². The van der Waals surface area contributed by atoms with E-state index in [-0.39, 0.29) is 34.5 Å². The lowest BCUT2D eigenvalue weighted by Crippen LogP contribution is -2.24. The third kappa shape index (κ3) is 5.21. The van der Waals surface area contributed by atoms with Gasteiger partial charge in [-0.15, -0.1) is 0 Å². The van der Waals surface area contributed by atoms with E-state index in [1.807, 2.05) is 18.2 Å². The molecule has 1 aliphatic carbocycles. The van der Waals surface area contributed by atoms with Crippen molar-refractivity contribution in [3.8, 4) is 0 Å². The second-order valence-electron chi connectivity index (χ2n) is 7.90. The number of nitro groups is 1. The molecule has 0 saturated carbocycles. The zero-order valence-corrected chi connectivity index (χ0v) is 20.1. The van der Waals surface area contributed by atoms with Crippen molar-refractivity contribution >= 4 is 46.4 Å². The van der Waals surface area contributed by atoms with Gasteiger partial charge in [0, 0.05) is 40.7 Å². The Hall–Kier alpha value is -3.69. The van der Waals surface area contributed by atoms with Gasteiger partial charge in [-0.1, -0.05) is 41.4 Å². The van der Waals surface area contributed by atoms with Crippen LogP contribution in [-0.2, 0) is 13.0 Å². The van der Waals surface area contributed by atoms with Crippen LogP contribution in [0.2, 0.25) is 10.0 Å². The lowest BCUT2D eigenvalue weighted by atomic mass is 9.93. The van der Waals surface area contributed by atoms with Crippen molar-refractivity contribution < 1.29 is 18.9 Å². The molecule has 0 saturated heterocycles. The second-order valence-corrected chi connectivity index (χ2v) is 8.72. The number of halogens is 2. The summed E-state index contributed by atoms with van der Waals surface area (Å²) in [5.41, 5.74) is 4.76. The highest BCUT2D eigenvalue weighted by molar-refractivity contribution is 6.32. The highest BCUT2D eigenvalue weighted by Gasteiger charge is 2.28. The van der Waals surface area contributed by atoms with Crippen LogP contribution in [0.3, 0.4) is 0 Å². The molecule has 35 heavy (non-hydrogen) atoms. The number of rotatable bonds is 6. The van der Waals surface area contributed by atoms with E-state index in [4.69, 9.17) is 27.6 Å². The summed E-state index contributed by atoms with van der Waals surface area (Å²) in [4.78, 5) is 35.8. The molecule has 11 heteroatoms. The number of benzene rings is 2. The summed E-state index contributed by atoms with van der Waals surface area (Å²) in [6.07, 6.45) is 1.92. The molecule has 0 aliphatic heterocycles. The van der Waals surface area contributed by atoms with Crippen LogP contribution in [0.25, 0.3) is 0 Å². The maximum atomic E-state index is 12.8. The van der Waals surface area contributed by atoms with E-state index in [2.05, 4.69) is 15.8 Å². The van der Waals surface area contributed by atoms with Gasteiger partial charge < -0.3 is 9.73 Å². The molecule has 9 nitrogen and oxygen atoms in total. The number of furan rings is 1. The van der Waals surface area contributed by atoms with Crippen LogP contribution < -0.4 is 10.7 Å². The molecule has 1 heterocycles. The number of hydrazone groups is 1. The number of nitrogens with one attached hydrogen (secondary N) is 2. The molecule has 4 rings (SSSR count). The minimum absolute atomic E-state index is 0.0463. The van der Waals surface area contributed by atoms with Crippen LogP contribution in [0.5, 0.6) is 0 Å². The number of nitro benzene ring substituents is 1. The normalized spacial score (nSPS) is 13.9. The quantitative estimate of drug-likeness (QED) is 0.345. The van der Waals surface area contributed by atoms with Gasteiger partial charge in [-0.3, -0.25) is 19.7 Å². The van der Waals surface area contributed by atoms with E-state index in [0.717, 1.165) is 18.1 Å². The van der Waals surface area contributed by atoms with E-state index in [9.17, 15) is 19.7 Å². The maximum absolute atomic E-state index is 12.8. The fourth-order valence-electron chi connectivity index (χ4n) is 3.87. The van der Waals surface area contributed by atoms with Gasteiger partial charge in [-0.2, -0.15) is 5.10 Å². The molecule has 0 bridgehead atoms. The first-order valence-corrected chi connectivity index (χ1v) is 11.5. The van der Waals surface area contributed by atoms with Gasteiger partial charge in [0.1, 0.15) is 10.8 Å². The van der Waals surface area contributed by atoms with Crippen LogP contribution in [0.4, 0.5) is 5.69 Å². The monoisotopic (exact) mass is 514 g/mol. The maximum Gasteiger partial charge on any atom is 0.288 e. The Morgan fingerprint density at radius 2 is 1.89 bits per heavy atom. The fourth-order valence-corrected chi connectivity index (χ4v) is 4.26. The zero-order valence-electron chi connectivity index (χ0n) is 18.6. The largest absolute Gasteiger partial charge is 0.455 e. The molecule has 1 aliphatic rings. The summed E-state index contributed by atoms with van der Waals surface area (Å²) in [6.45, 7) is 2.01. The third-order valence-electron chi connectivity index (χ3n) is 5.63. The summed E-state index contributed by atoms with van der Waals surface area (Å²) in [5, 5.41) is 18.6. The van der Waals surface area contributed by atoms with Crippen LogP contribution in [0.15, 0.2) is 52.0 Å². The Morgan fingerprint density at radius 1 is 1.11 bits per heavy atom.